The maximum atomic E-state index is 13.5. The highest BCUT2D eigenvalue weighted by atomic mass is 35.5. The van der Waals surface area contributed by atoms with E-state index in [2.05, 4.69) is 12.0 Å². The molecule has 0 unspecified atom stereocenters. The van der Waals surface area contributed by atoms with Gasteiger partial charge < -0.3 is 14.7 Å². The predicted molar refractivity (Wildman–Crippen MR) is 146 cm³/mol. The summed E-state index contributed by atoms with van der Waals surface area (Å²) in [7, 11) is -3.53. The van der Waals surface area contributed by atoms with Crippen LogP contribution in [0.1, 0.15) is 30.9 Å². The van der Waals surface area contributed by atoms with Crippen molar-refractivity contribution in [3.05, 3.63) is 81.2 Å². The van der Waals surface area contributed by atoms with Gasteiger partial charge in [0.25, 0.3) is 0 Å². The maximum absolute atomic E-state index is 13.5. The van der Waals surface area contributed by atoms with Crippen molar-refractivity contribution in [2.75, 3.05) is 37.7 Å². The number of piperazine rings is 1. The van der Waals surface area contributed by atoms with Crippen LogP contribution in [0.2, 0.25) is 5.02 Å². The van der Waals surface area contributed by atoms with Crippen LogP contribution < -0.4 is 15.2 Å². The Hall–Kier alpha value is -2.92. The molecule has 1 saturated heterocycles. The highest BCUT2D eigenvalue weighted by Crippen LogP contribution is 2.45. The average Bonchev–Trinajstić information content (AvgIpc) is 3.65. The van der Waals surface area contributed by atoms with E-state index < -0.39 is 10.0 Å². The number of halogens is 1. The Balaban J connectivity index is 1.35. The summed E-state index contributed by atoms with van der Waals surface area (Å²) in [4.78, 5) is 15.5. The van der Waals surface area contributed by atoms with Gasteiger partial charge in [-0.25, -0.2) is 8.42 Å². The van der Waals surface area contributed by atoms with Gasteiger partial charge in [-0.1, -0.05) is 48.9 Å². The quantitative estimate of drug-likeness (QED) is 0.430. The topological polar surface area (TPSA) is 105 Å². The fraction of sp³-hybridized carbons (Fsp3) is 0.407. The zero-order chi connectivity index (χ0) is 26.9. The molecule has 0 bridgehead atoms. The molecule has 1 aliphatic heterocycles. The first-order chi connectivity index (χ1) is 18.2. The Labute approximate surface area is 227 Å². The number of aromatic nitrogens is 2. The van der Waals surface area contributed by atoms with Crippen LogP contribution in [-0.2, 0) is 22.4 Å². The lowest BCUT2D eigenvalue weighted by Gasteiger charge is -2.35. The molecule has 1 aromatic heterocycles. The van der Waals surface area contributed by atoms with Gasteiger partial charge in [0.2, 0.25) is 15.8 Å². The summed E-state index contributed by atoms with van der Waals surface area (Å²) in [5.41, 5.74) is 2.20. The highest BCUT2D eigenvalue weighted by molar-refractivity contribution is 7.88. The van der Waals surface area contributed by atoms with E-state index in [9.17, 15) is 18.3 Å². The van der Waals surface area contributed by atoms with Crippen molar-refractivity contribution in [3.63, 3.8) is 0 Å². The second-order valence-electron chi connectivity index (χ2n) is 10.3. The summed E-state index contributed by atoms with van der Waals surface area (Å²) in [5.74, 6) is 0.108. The van der Waals surface area contributed by atoms with Crippen molar-refractivity contribution in [1.82, 2.24) is 14.1 Å². The smallest absolute Gasteiger partial charge is 0.316 e. The number of anilines is 1. The summed E-state index contributed by atoms with van der Waals surface area (Å²) in [6.45, 7) is 3.84. The van der Waals surface area contributed by atoms with E-state index in [-0.39, 0.29) is 42.2 Å². The lowest BCUT2D eigenvalue weighted by atomic mass is 10.2. The van der Waals surface area contributed by atoms with E-state index >= 15 is 0 Å². The number of hydrogen-bond acceptors (Lipinski definition) is 7. The van der Waals surface area contributed by atoms with Crippen molar-refractivity contribution in [1.29, 1.82) is 0 Å². The third-order valence-electron chi connectivity index (χ3n) is 7.16. The van der Waals surface area contributed by atoms with Crippen LogP contribution in [0.25, 0.3) is 5.69 Å². The maximum Gasteiger partial charge on any atom is 0.316 e. The molecular weight excluding hydrogens is 528 g/mol. The molecule has 0 amide bonds. The number of rotatable bonds is 9. The molecule has 1 saturated carbocycles. The Morgan fingerprint density at radius 3 is 2.37 bits per heavy atom. The molecule has 3 aromatic rings. The minimum absolute atomic E-state index is 0.0655. The lowest BCUT2D eigenvalue weighted by Crippen LogP contribution is -2.49. The van der Waals surface area contributed by atoms with Crippen molar-refractivity contribution in [2.45, 2.75) is 32.1 Å². The van der Waals surface area contributed by atoms with E-state index in [1.807, 2.05) is 4.90 Å². The average molecular weight is 559 g/mol. The first-order valence-electron chi connectivity index (χ1n) is 12.6. The van der Waals surface area contributed by atoms with Crippen LogP contribution in [0.4, 0.5) is 5.69 Å². The van der Waals surface area contributed by atoms with Crippen LogP contribution in [0.3, 0.4) is 0 Å². The zero-order valence-corrected chi connectivity index (χ0v) is 22.8. The van der Waals surface area contributed by atoms with E-state index in [4.69, 9.17) is 16.3 Å². The van der Waals surface area contributed by atoms with Crippen LogP contribution in [0, 0.1) is 5.41 Å². The molecular formula is C27H31ClN4O5S. The summed E-state index contributed by atoms with van der Waals surface area (Å²) in [5, 5.41) is 14.1. The van der Waals surface area contributed by atoms with Gasteiger partial charge >= 0.3 is 5.56 Å². The number of aliphatic hydroxyl groups is 1. The SMILES string of the molecule is CC1(COc2c(N3CCN(S(=O)(=O)Cc4ccc(CO)cc4)CC3)cnn(-c3cccc(Cl)c3)c2=O)CC1. The van der Waals surface area contributed by atoms with E-state index in [0.29, 0.717) is 41.7 Å². The Bertz CT molecular complexity index is 1460. The second-order valence-corrected chi connectivity index (χ2v) is 12.7. The number of hydrogen-bond donors (Lipinski definition) is 1. The summed E-state index contributed by atoms with van der Waals surface area (Å²) >= 11 is 6.14. The van der Waals surface area contributed by atoms with Gasteiger partial charge in [-0.3, -0.25) is 4.79 Å². The molecule has 5 rings (SSSR count). The largest absolute Gasteiger partial charge is 0.486 e. The van der Waals surface area contributed by atoms with Crippen LogP contribution >= 0.6 is 11.6 Å². The second kappa shape index (κ2) is 10.7. The monoisotopic (exact) mass is 558 g/mol. The van der Waals surface area contributed by atoms with Crippen molar-refractivity contribution in [2.24, 2.45) is 5.41 Å². The molecule has 2 fully saturated rings. The normalized spacial score (nSPS) is 17.4. The van der Waals surface area contributed by atoms with Gasteiger partial charge in [0.05, 0.1) is 30.9 Å². The van der Waals surface area contributed by atoms with Gasteiger partial charge in [0.15, 0.2) is 0 Å². The van der Waals surface area contributed by atoms with Gasteiger partial charge in [-0.15, -0.1) is 0 Å². The van der Waals surface area contributed by atoms with Gasteiger partial charge in [-0.05, 0) is 42.2 Å². The Morgan fingerprint density at radius 2 is 1.74 bits per heavy atom. The van der Waals surface area contributed by atoms with Crippen LogP contribution in [0.15, 0.2) is 59.5 Å². The van der Waals surface area contributed by atoms with Crippen molar-refractivity contribution < 1.29 is 18.3 Å². The molecule has 0 radical (unpaired) electrons. The molecule has 2 aliphatic rings. The van der Waals surface area contributed by atoms with Gasteiger partial charge in [-0.2, -0.15) is 14.1 Å². The zero-order valence-electron chi connectivity index (χ0n) is 21.2. The highest BCUT2D eigenvalue weighted by Gasteiger charge is 2.39. The van der Waals surface area contributed by atoms with E-state index in [1.54, 1.807) is 54.7 Å². The minimum Gasteiger partial charge on any atom is -0.486 e. The van der Waals surface area contributed by atoms with Crippen molar-refractivity contribution in [3.8, 4) is 11.4 Å². The molecule has 11 heteroatoms. The summed E-state index contributed by atoms with van der Waals surface area (Å²) in [6, 6.07) is 13.8. The van der Waals surface area contributed by atoms with Gasteiger partial charge in [0.1, 0.15) is 5.69 Å². The molecule has 38 heavy (non-hydrogen) atoms. The van der Waals surface area contributed by atoms with Crippen molar-refractivity contribution >= 4 is 27.3 Å². The number of ether oxygens (including phenoxy) is 1. The first-order valence-corrected chi connectivity index (χ1v) is 14.6. The third-order valence-corrected chi connectivity index (χ3v) is 9.25. The molecule has 2 aromatic carbocycles. The molecule has 9 nitrogen and oxygen atoms in total. The molecule has 0 atom stereocenters. The Kier molecular flexibility index (Phi) is 7.50. The van der Waals surface area contributed by atoms with Gasteiger partial charge in [0, 0.05) is 36.6 Å². The minimum atomic E-state index is -3.53. The van der Waals surface area contributed by atoms with E-state index in [0.717, 1.165) is 18.4 Å². The number of nitrogens with zero attached hydrogens (tertiary/aromatic N) is 4. The molecule has 1 N–H and O–H groups in total. The first kappa shape index (κ1) is 26.7. The number of sulfonamides is 1. The molecule has 1 aliphatic carbocycles. The Morgan fingerprint density at radius 1 is 1.05 bits per heavy atom. The number of aliphatic hydroxyl groups excluding tert-OH is 1. The van der Waals surface area contributed by atoms with E-state index in [1.165, 1.54) is 8.99 Å². The third kappa shape index (κ3) is 5.88. The van der Waals surface area contributed by atoms with Crippen LogP contribution in [-0.4, -0.2) is 60.4 Å². The molecule has 2 heterocycles. The number of benzene rings is 2. The molecule has 202 valence electrons. The predicted octanol–water partition coefficient (Wildman–Crippen LogP) is 3.21. The fourth-order valence-electron chi connectivity index (χ4n) is 4.44. The fourth-order valence-corrected chi connectivity index (χ4v) is 6.14. The van der Waals surface area contributed by atoms with Crippen LogP contribution in [0.5, 0.6) is 5.75 Å². The summed E-state index contributed by atoms with van der Waals surface area (Å²) in [6.07, 6.45) is 3.71. The molecule has 0 spiro atoms. The standard InChI is InChI=1S/C27H31ClN4O5S/c1-27(9-10-27)19-37-25-24(16-29-32(26(25)34)23-4-2-3-22(28)15-23)30-11-13-31(14-12-30)38(35,36)18-21-7-5-20(17-33)6-8-21/h2-8,15-16,33H,9-14,17-19H2,1H3. The lowest BCUT2D eigenvalue weighted by molar-refractivity contribution is 0.242. The summed E-state index contributed by atoms with van der Waals surface area (Å²) < 4.78 is 35.1.